The van der Waals surface area contributed by atoms with Crippen LogP contribution >= 0.6 is 0 Å². The lowest BCUT2D eigenvalue weighted by atomic mass is 9.85. The third kappa shape index (κ3) is 2.96. The van der Waals surface area contributed by atoms with Crippen LogP contribution in [0.4, 0.5) is 0 Å². The van der Waals surface area contributed by atoms with E-state index < -0.39 is 0 Å². The molecular weight excluding hydrogens is 340 g/mol. The van der Waals surface area contributed by atoms with Gasteiger partial charge in [-0.15, -0.1) is 0 Å². The quantitative estimate of drug-likeness (QED) is 0.765. The highest BCUT2D eigenvalue weighted by molar-refractivity contribution is 5.64. The molecule has 1 fully saturated rings. The van der Waals surface area contributed by atoms with Gasteiger partial charge in [0.05, 0.1) is 12.0 Å². The normalized spacial score (nSPS) is 17.7. The molecule has 2 aliphatic rings. The molecule has 0 unspecified atom stereocenters. The van der Waals surface area contributed by atoms with Crippen LogP contribution in [-0.2, 0) is 19.5 Å². The first kappa shape index (κ1) is 16.6. The Morgan fingerprint density at radius 2 is 2.15 bits per heavy atom. The Kier molecular flexibility index (Phi) is 4.04. The lowest BCUT2D eigenvalue weighted by Gasteiger charge is -2.29. The Labute approximate surface area is 158 Å². The molecule has 3 aromatic heterocycles. The second-order valence-corrected chi connectivity index (χ2v) is 7.74. The van der Waals surface area contributed by atoms with E-state index in [-0.39, 0.29) is 0 Å². The SMILES string of the molecule is Cc1ncc2c(c1-c1noc(C3CCC3)n1)CCN(Cc1nc[nH]c1C)C2. The van der Waals surface area contributed by atoms with Gasteiger partial charge in [0, 0.05) is 48.7 Å². The molecule has 5 rings (SSSR count). The minimum Gasteiger partial charge on any atom is -0.348 e. The van der Waals surface area contributed by atoms with Gasteiger partial charge in [0.2, 0.25) is 11.7 Å². The maximum Gasteiger partial charge on any atom is 0.230 e. The van der Waals surface area contributed by atoms with Crippen LogP contribution in [0.15, 0.2) is 17.0 Å². The summed E-state index contributed by atoms with van der Waals surface area (Å²) in [4.78, 5) is 19.4. The predicted molar refractivity (Wildman–Crippen MR) is 100 cm³/mol. The fourth-order valence-corrected chi connectivity index (χ4v) is 4.06. The van der Waals surface area contributed by atoms with Crippen LogP contribution in [0.5, 0.6) is 0 Å². The Bertz CT molecular complexity index is 971. The van der Waals surface area contributed by atoms with Crippen molar-refractivity contribution in [3.63, 3.8) is 0 Å². The number of hydrogen-bond donors (Lipinski definition) is 1. The van der Waals surface area contributed by atoms with Crippen molar-refractivity contribution >= 4 is 0 Å². The van der Waals surface area contributed by atoms with Gasteiger partial charge in [-0.2, -0.15) is 4.98 Å². The number of aromatic nitrogens is 5. The van der Waals surface area contributed by atoms with Crippen LogP contribution in [0.25, 0.3) is 11.4 Å². The Hall–Kier alpha value is -2.54. The zero-order valence-corrected chi connectivity index (χ0v) is 15.8. The second kappa shape index (κ2) is 6.56. The third-order valence-corrected chi connectivity index (χ3v) is 5.96. The average Bonchev–Trinajstić information content (AvgIpc) is 3.23. The number of fused-ring (bicyclic) bond motifs is 1. The molecule has 4 heterocycles. The molecule has 0 amide bonds. The van der Waals surface area contributed by atoms with Crippen molar-refractivity contribution in [3.05, 3.63) is 46.6 Å². The fourth-order valence-electron chi connectivity index (χ4n) is 4.06. The van der Waals surface area contributed by atoms with Crippen LogP contribution in [0.3, 0.4) is 0 Å². The Balaban J connectivity index is 1.43. The summed E-state index contributed by atoms with van der Waals surface area (Å²) >= 11 is 0. The van der Waals surface area contributed by atoms with Crippen LogP contribution in [0.2, 0.25) is 0 Å². The van der Waals surface area contributed by atoms with Crippen LogP contribution in [0, 0.1) is 13.8 Å². The van der Waals surface area contributed by atoms with E-state index in [9.17, 15) is 0 Å². The van der Waals surface area contributed by atoms with E-state index >= 15 is 0 Å². The van der Waals surface area contributed by atoms with Gasteiger partial charge >= 0.3 is 0 Å². The molecule has 1 N–H and O–H groups in total. The number of aromatic amines is 1. The second-order valence-electron chi connectivity index (χ2n) is 7.74. The van der Waals surface area contributed by atoms with E-state index in [1.165, 1.54) is 17.5 Å². The summed E-state index contributed by atoms with van der Waals surface area (Å²) in [6, 6.07) is 0. The molecule has 0 bridgehead atoms. The molecule has 140 valence electrons. The molecule has 1 saturated carbocycles. The number of aryl methyl sites for hydroxylation is 2. The van der Waals surface area contributed by atoms with Crippen LogP contribution in [-0.4, -0.2) is 36.5 Å². The first-order valence-electron chi connectivity index (χ1n) is 9.71. The number of pyridine rings is 1. The number of H-pyrrole nitrogens is 1. The van der Waals surface area contributed by atoms with Gasteiger partial charge in [-0.1, -0.05) is 11.6 Å². The first-order valence-corrected chi connectivity index (χ1v) is 9.71. The number of nitrogens with one attached hydrogen (secondary N) is 1. The molecule has 7 heteroatoms. The van der Waals surface area contributed by atoms with Gasteiger partial charge < -0.3 is 9.51 Å². The highest BCUT2D eigenvalue weighted by Gasteiger charge is 2.28. The summed E-state index contributed by atoms with van der Waals surface area (Å²) in [5.74, 6) is 1.95. The molecule has 0 atom stereocenters. The summed E-state index contributed by atoms with van der Waals surface area (Å²) in [6.07, 6.45) is 8.31. The molecule has 0 spiro atoms. The van der Waals surface area contributed by atoms with Gasteiger partial charge in [-0.05, 0) is 44.2 Å². The molecule has 1 aliphatic heterocycles. The van der Waals surface area contributed by atoms with Crippen molar-refractivity contribution < 1.29 is 4.52 Å². The standard InChI is InChI=1S/C20H24N6O/c1-12-17(23-11-22-12)10-26-7-6-16-15(9-26)8-21-13(2)18(16)19-24-20(27-25-19)14-4-3-5-14/h8,11,14H,3-7,9-10H2,1-2H3,(H,22,23). The minimum atomic E-state index is 0.451. The Morgan fingerprint density at radius 3 is 2.89 bits per heavy atom. The molecule has 0 aromatic carbocycles. The minimum absolute atomic E-state index is 0.451. The number of imidazole rings is 1. The zero-order chi connectivity index (χ0) is 18.4. The van der Waals surface area contributed by atoms with Crippen LogP contribution in [0.1, 0.15) is 59.3 Å². The Morgan fingerprint density at radius 1 is 1.26 bits per heavy atom. The summed E-state index contributed by atoms with van der Waals surface area (Å²) in [5.41, 5.74) is 6.87. The van der Waals surface area contributed by atoms with E-state index in [4.69, 9.17) is 9.51 Å². The maximum atomic E-state index is 5.56. The lowest BCUT2D eigenvalue weighted by Crippen LogP contribution is -2.31. The average molecular weight is 364 g/mol. The molecule has 27 heavy (non-hydrogen) atoms. The van der Waals surface area contributed by atoms with Gasteiger partial charge in [0.1, 0.15) is 0 Å². The highest BCUT2D eigenvalue weighted by atomic mass is 16.5. The monoisotopic (exact) mass is 364 g/mol. The van der Waals surface area contributed by atoms with Crippen molar-refractivity contribution in [2.45, 2.75) is 58.5 Å². The van der Waals surface area contributed by atoms with Gasteiger partial charge in [-0.3, -0.25) is 9.88 Å². The van der Waals surface area contributed by atoms with Crippen molar-refractivity contribution in [3.8, 4) is 11.4 Å². The predicted octanol–water partition coefficient (Wildman–Crippen LogP) is 3.30. The van der Waals surface area contributed by atoms with Gasteiger partial charge in [0.25, 0.3) is 0 Å². The third-order valence-electron chi connectivity index (χ3n) is 5.96. The van der Waals surface area contributed by atoms with Crippen molar-refractivity contribution in [2.24, 2.45) is 0 Å². The lowest BCUT2D eigenvalue weighted by molar-refractivity contribution is 0.242. The van der Waals surface area contributed by atoms with Gasteiger partial charge in [0.15, 0.2) is 0 Å². The fraction of sp³-hybridized carbons (Fsp3) is 0.500. The zero-order valence-electron chi connectivity index (χ0n) is 15.8. The van der Waals surface area contributed by atoms with Crippen molar-refractivity contribution in [1.29, 1.82) is 0 Å². The van der Waals surface area contributed by atoms with Crippen molar-refractivity contribution in [1.82, 2.24) is 30.0 Å². The van der Waals surface area contributed by atoms with E-state index in [1.807, 2.05) is 13.1 Å². The maximum absolute atomic E-state index is 5.56. The smallest absolute Gasteiger partial charge is 0.230 e. The van der Waals surface area contributed by atoms with E-state index in [0.717, 1.165) is 67.4 Å². The summed E-state index contributed by atoms with van der Waals surface area (Å²) in [6.45, 7) is 6.82. The highest BCUT2D eigenvalue weighted by Crippen LogP contribution is 2.37. The first-order chi connectivity index (χ1) is 13.2. The molecule has 0 saturated heterocycles. The molecule has 0 radical (unpaired) electrons. The van der Waals surface area contributed by atoms with Crippen molar-refractivity contribution in [2.75, 3.05) is 6.54 Å². The van der Waals surface area contributed by atoms with E-state index in [2.05, 4.69) is 31.9 Å². The number of rotatable bonds is 4. The summed E-state index contributed by atoms with van der Waals surface area (Å²) < 4.78 is 5.56. The molecular formula is C20H24N6O. The topological polar surface area (TPSA) is 83.7 Å². The van der Waals surface area contributed by atoms with Gasteiger partial charge in [-0.25, -0.2) is 4.98 Å². The van der Waals surface area contributed by atoms with E-state index in [0.29, 0.717) is 11.7 Å². The van der Waals surface area contributed by atoms with Crippen LogP contribution < -0.4 is 0 Å². The molecule has 1 aliphatic carbocycles. The largest absolute Gasteiger partial charge is 0.348 e. The molecule has 3 aromatic rings. The summed E-state index contributed by atoms with van der Waals surface area (Å²) in [5, 5.41) is 4.30. The summed E-state index contributed by atoms with van der Waals surface area (Å²) in [7, 11) is 0. The number of nitrogens with zero attached hydrogens (tertiary/aromatic N) is 5. The number of hydrogen-bond acceptors (Lipinski definition) is 6. The molecule has 7 nitrogen and oxygen atoms in total. The van der Waals surface area contributed by atoms with E-state index in [1.54, 1.807) is 6.33 Å².